The Morgan fingerprint density at radius 1 is 1.29 bits per heavy atom. The number of hydrogen-bond acceptors (Lipinski definition) is 6. The SMILES string of the molecule is Cn1ncc2c1C(COCC1CC1)N(C(=O)c1ccncn1)CC2.O=C(O)C(F)(F)F. The van der Waals surface area contributed by atoms with Crippen LogP contribution in [-0.4, -0.2) is 67.6 Å². The molecular weight excluding hydrogens is 419 g/mol. The maximum absolute atomic E-state index is 12.9. The van der Waals surface area contributed by atoms with E-state index in [0.29, 0.717) is 24.8 Å². The van der Waals surface area contributed by atoms with Crippen LogP contribution in [0.25, 0.3) is 0 Å². The molecule has 1 fully saturated rings. The zero-order valence-electron chi connectivity index (χ0n) is 16.7. The van der Waals surface area contributed by atoms with Gasteiger partial charge in [-0.3, -0.25) is 9.48 Å². The van der Waals surface area contributed by atoms with E-state index in [4.69, 9.17) is 14.6 Å². The van der Waals surface area contributed by atoms with E-state index in [0.717, 1.165) is 18.7 Å². The van der Waals surface area contributed by atoms with E-state index in [1.54, 1.807) is 12.3 Å². The van der Waals surface area contributed by atoms with Crippen molar-refractivity contribution in [2.24, 2.45) is 13.0 Å². The van der Waals surface area contributed by atoms with E-state index in [1.165, 1.54) is 24.7 Å². The number of carboxylic acid groups (broad SMARTS) is 1. The summed E-state index contributed by atoms with van der Waals surface area (Å²) in [6, 6.07) is 1.53. The maximum Gasteiger partial charge on any atom is 0.490 e. The summed E-state index contributed by atoms with van der Waals surface area (Å²) in [4.78, 5) is 31.7. The van der Waals surface area contributed by atoms with Gasteiger partial charge < -0.3 is 14.7 Å². The number of rotatable bonds is 5. The van der Waals surface area contributed by atoms with Crippen molar-refractivity contribution in [1.29, 1.82) is 0 Å². The van der Waals surface area contributed by atoms with Crippen molar-refractivity contribution >= 4 is 11.9 Å². The average molecular weight is 441 g/mol. The van der Waals surface area contributed by atoms with Crippen LogP contribution in [0.15, 0.2) is 24.8 Å². The summed E-state index contributed by atoms with van der Waals surface area (Å²) in [5, 5.41) is 11.5. The van der Waals surface area contributed by atoms with E-state index in [-0.39, 0.29) is 11.9 Å². The molecule has 31 heavy (non-hydrogen) atoms. The molecule has 2 aromatic rings. The van der Waals surface area contributed by atoms with Gasteiger partial charge in [-0.2, -0.15) is 18.3 Å². The molecule has 0 radical (unpaired) electrons. The maximum atomic E-state index is 12.9. The van der Waals surface area contributed by atoms with Gasteiger partial charge in [0.25, 0.3) is 5.91 Å². The smallest absolute Gasteiger partial charge is 0.475 e. The first-order valence-electron chi connectivity index (χ1n) is 9.64. The molecule has 1 atom stereocenters. The number of ether oxygens (including phenoxy) is 1. The van der Waals surface area contributed by atoms with Crippen LogP contribution >= 0.6 is 0 Å². The fraction of sp³-hybridized carbons (Fsp3) is 0.526. The van der Waals surface area contributed by atoms with Crippen LogP contribution in [0, 0.1) is 5.92 Å². The standard InChI is InChI=1S/C17H21N5O2.C2HF3O2/c1-21-16-13(8-20-21)5-7-22(15(16)10-24-9-12-2-3-12)17(23)14-4-6-18-11-19-14;3-2(4,5)1(6)7/h4,6,8,11-12,15H,2-3,5,7,9-10H2,1H3;(H,6,7). The number of carbonyl (C=O) groups excluding carboxylic acids is 1. The van der Waals surface area contributed by atoms with Gasteiger partial charge in [-0.1, -0.05) is 0 Å². The summed E-state index contributed by atoms with van der Waals surface area (Å²) in [5.41, 5.74) is 2.69. The Hall–Kier alpha value is -3.02. The number of hydrogen-bond donors (Lipinski definition) is 1. The lowest BCUT2D eigenvalue weighted by Gasteiger charge is -2.35. The van der Waals surface area contributed by atoms with Gasteiger partial charge in [0.1, 0.15) is 12.0 Å². The molecule has 1 unspecified atom stereocenters. The lowest BCUT2D eigenvalue weighted by molar-refractivity contribution is -0.192. The van der Waals surface area contributed by atoms with E-state index in [2.05, 4.69) is 15.1 Å². The molecule has 9 nitrogen and oxygen atoms in total. The van der Waals surface area contributed by atoms with Crippen LogP contribution in [0.2, 0.25) is 0 Å². The Labute approximate surface area is 175 Å². The number of carboxylic acids is 1. The zero-order valence-corrected chi connectivity index (χ0v) is 16.7. The number of amides is 1. The van der Waals surface area contributed by atoms with Crippen molar-refractivity contribution in [3.05, 3.63) is 41.7 Å². The zero-order chi connectivity index (χ0) is 22.6. The monoisotopic (exact) mass is 441 g/mol. The first kappa shape index (κ1) is 22.7. The first-order valence-corrected chi connectivity index (χ1v) is 9.64. The van der Waals surface area contributed by atoms with E-state index in [1.807, 2.05) is 22.8 Å². The van der Waals surface area contributed by atoms with Crippen molar-refractivity contribution in [2.75, 3.05) is 19.8 Å². The molecule has 0 aromatic carbocycles. The Bertz CT molecular complexity index is 915. The lowest BCUT2D eigenvalue weighted by atomic mass is 9.99. The number of alkyl halides is 3. The Balaban J connectivity index is 0.000000339. The fourth-order valence-corrected chi connectivity index (χ4v) is 3.27. The molecule has 168 valence electrons. The molecule has 0 saturated heterocycles. The Morgan fingerprint density at radius 3 is 2.58 bits per heavy atom. The van der Waals surface area contributed by atoms with Gasteiger partial charge >= 0.3 is 12.1 Å². The quantitative estimate of drug-likeness (QED) is 0.756. The first-order chi connectivity index (χ1) is 14.7. The average Bonchev–Trinajstić information content (AvgIpc) is 3.49. The van der Waals surface area contributed by atoms with Crippen molar-refractivity contribution < 1.29 is 32.6 Å². The second-order valence-electron chi connectivity index (χ2n) is 7.32. The minimum Gasteiger partial charge on any atom is -0.475 e. The largest absolute Gasteiger partial charge is 0.490 e. The highest BCUT2D eigenvalue weighted by molar-refractivity contribution is 5.92. The van der Waals surface area contributed by atoms with E-state index in [9.17, 15) is 18.0 Å². The molecule has 1 N–H and O–H groups in total. The van der Waals surface area contributed by atoms with Crippen LogP contribution in [0.1, 0.15) is 40.6 Å². The van der Waals surface area contributed by atoms with Crippen LogP contribution in [0.5, 0.6) is 0 Å². The molecule has 12 heteroatoms. The minimum absolute atomic E-state index is 0.0794. The Kier molecular flexibility index (Phi) is 6.88. The van der Waals surface area contributed by atoms with Crippen molar-refractivity contribution in [2.45, 2.75) is 31.5 Å². The molecule has 1 aliphatic heterocycles. The second-order valence-corrected chi connectivity index (χ2v) is 7.32. The molecular formula is C19H22F3N5O4. The number of halogens is 3. The van der Waals surface area contributed by atoms with Crippen molar-refractivity contribution in [3.8, 4) is 0 Å². The third-order valence-corrected chi connectivity index (χ3v) is 5.01. The Morgan fingerprint density at radius 2 is 2.00 bits per heavy atom. The lowest BCUT2D eigenvalue weighted by Crippen LogP contribution is -2.43. The molecule has 1 amide bonds. The summed E-state index contributed by atoms with van der Waals surface area (Å²) in [5.74, 6) is -2.14. The highest BCUT2D eigenvalue weighted by atomic mass is 19.4. The number of nitrogens with zero attached hydrogens (tertiary/aromatic N) is 5. The van der Waals surface area contributed by atoms with E-state index >= 15 is 0 Å². The minimum atomic E-state index is -5.08. The topological polar surface area (TPSA) is 110 Å². The highest BCUT2D eigenvalue weighted by Crippen LogP contribution is 2.33. The van der Waals surface area contributed by atoms with Gasteiger partial charge in [0.2, 0.25) is 0 Å². The number of aryl methyl sites for hydroxylation is 1. The predicted molar refractivity (Wildman–Crippen MR) is 100.0 cm³/mol. The van der Waals surface area contributed by atoms with Gasteiger partial charge in [-0.25, -0.2) is 14.8 Å². The number of carbonyl (C=O) groups is 2. The second kappa shape index (κ2) is 9.41. The third kappa shape index (κ3) is 5.78. The van der Waals surface area contributed by atoms with Crippen LogP contribution < -0.4 is 0 Å². The molecule has 4 rings (SSSR count). The summed E-state index contributed by atoms with van der Waals surface area (Å²) >= 11 is 0. The third-order valence-electron chi connectivity index (χ3n) is 5.01. The van der Waals surface area contributed by atoms with Gasteiger partial charge in [-0.15, -0.1) is 0 Å². The van der Waals surface area contributed by atoms with E-state index < -0.39 is 12.1 Å². The van der Waals surface area contributed by atoms with Gasteiger partial charge in [0.15, 0.2) is 0 Å². The summed E-state index contributed by atoms with van der Waals surface area (Å²) < 4.78 is 39.5. The molecule has 0 spiro atoms. The highest BCUT2D eigenvalue weighted by Gasteiger charge is 2.38. The number of aromatic nitrogens is 4. The summed E-state index contributed by atoms with van der Waals surface area (Å²) in [7, 11) is 1.92. The van der Waals surface area contributed by atoms with Gasteiger partial charge in [0.05, 0.1) is 24.5 Å². The predicted octanol–water partition coefficient (Wildman–Crippen LogP) is 2.01. The number of aliphatic carboxylic acids is 1. The number of fused-ring (bicyclic) bond motifs is 1. The van der Waals surface area contributed by atoms with Gasteiger partial charge in [0, 0.05) is 26.4 Å². The van der Waals surface area contributed by atoms with Gasteiger partial charge in [-0.05, 0) is 36.8 Å². The van der Waals surface area contributed by atoms with Crippen LogP contribution in [-0.2, 0) is 23.0 Å². The molecule has 2 aliphatic rings. The summed E-state index contributed by atoms with van der Waals surface area (Å²) in [6.45, 7) is 1.93. The molecule has 0 bridgehead atoms. The van der Waals surface area contributed by atoms with Crippen LogP contribution in [0.3, 0.4) is 0 Å². The fourth-order valence-electron chi connectivity index (χ4n) is 3.27. The molecule has 3 heterocycles. The summed E-state index contributed by atoms with van der Waals surface area (Å²) in [6.07, 6.45) is 3.13. The van der Waals surface area contributed by atoms with Crippen molar-refractivity contribution in [3.63, 3.8) is 0 Å². The molecule has 1 aliphatic carbocycles. The van der Waals surface area contributed by atoms with Crippen LogP contribution in [0.4, 0.5) is 13.2 Å². The molecule has 1 saturated carbocycles. The molecule has 2 aromatic heterocycles. The van der Waals surface area contributed by atoms with Crippen molar-refractivity contribution in [1.82, 2.24) is 24.6 Å². The normalized spacial score (nSPS) is 18.1.